The zero-order chi connectivity index (χ0) is 15.2. The number of benzene rings is 1. The number of ether oxygens (including phenoxy) is 1. The van der Waals surface area contributed by atoms with Crippen LogP contribution in [-0.4, -0.2) is 12.6 Å². The second kappa shape index (κ2) is 7.25. The molecule has 110 valence electrons. The highest BCUT2D eigenvalue weighted by molar-refractivity contribution is 5.35. The van der Waals surface area contributed by atoms with E-state index in [4.69, 9.17) is 10.00 Å². The first-order valence-electron chi connectivity index (χ1n) is 6.90. The Hall–Kier alpha value is -1.60. The van der Waals surface area contributed by atoms with Crippen molar-refractivity contribution in [3.8, 4) is 11.8 Å². The van der Waals surface area contributed by atoms with Gasteiger partial charge in [-0.3, -0.25) is 0 Å². The van der Waals surface area contributed by atoms with E-state index >= 15 is 0 Å². The van der Waals surface area contributed by atoms with Gasteiger partial charge in [-0.25, -0.2) is 4.39 Å². The minimum atomic E-state index is -0.457. The van der Waals surface area contributed by atoms with Crippen LogP contribution in [0.1, 0.15) is 39.7 Å². The van der Waals surface area contributed by atoms with Gasteiger partial charge in [0.15, 0.2) is 11.6 Å². The van der Waals surface area contributed by atoms with E-state index in [1.807, 2.05) is 33.8 Å². The average Bonchev–Trinajstić information content (AvgIpc) is 2.38. The van der Waals surface area contributed by atoms with Crippen molar-refractivity contribution < 1.29 is 9.13 Å². The molecule has 1 aromatic carbocycles. The number of rotatable bonds is 7. The van der Waals surface area contributed by atoms with Gasteiger partial charge < -0.3 is 10.1 Å². The van der Waals surface area contributed by atoms with E-state index in [1.54, 1.807) is 6.07 Å². The van der Waals surface area contributed by atoms with Crippen LogP contribution in [0.4, 0.5) is 4.39 Å². The fourth-order valence-electron chi connectivity index (χ4n) is 1.63. The number of hydrogen-bond acceptors (Lipinski definition) is 3. The van der Waals surface area contributed by atoms with Gasteiger partial charge >= 0.3 is 0 Å². The molecule has 0 aromatic heterocycles. The number of nitrogens with one attached hydrogen (secondary N) is 1. The predicted molar refractivity (Wildman–Crippen MR) is 77.9 cm³/mol. The molecular formula is C16H23FN2O. The molecule has 0 aliphatic heterocycles. The summed E-state index contributed by atoms with van der Waals surface area (Å²) in [7, 11) is 0. The molecule has 0 spiro atoms. The average molecular weight is 278 g/mol. The van der Waals surface area contributed by atoms with E-state index < -0.39 is 5.41 Å². The Morgan fingerprint density at radius 3 is 2.70 bits per heavy atom. The first-order chi connectivity index (χ1) is 9.35. The van der Waals surface area contributed by atoms with Gasteiger partial charge in [0.1, 0.15) is 0 Å². The summed E-state index contributed by atoms with van der Waals surface area (Å²) in [6.07, 6.45) is 0.564. The summed E-state index contributed by atoms with van der Waals surface area (Å²) in [6.45, 7) is 8.66. The van der Waals surface area contributed by atoms with Gasteiger partial charge in [0.05, 0.1) is 18.1 Å². The van der Waals surface area contributed by atoms with Crippen molar-refractivity contribution >= 4 is 0 Å². The molecule has 0 atom stereocenters. The lowest BCUT2D eigenvalue weighted by Crippen LogP contribution is -2.22. The molecule has 0 amide bonds. The Morgan fingerprint density at radius 2 is 2.10 bits per heavy atom. The van der Waals surface area contributed by atoms with Gasteiger partial charge in [0, 0.05) is 18.2 Å². The van der Waals surface area contributed by atoms with Crippen LogP contribution in [0.15, 0.2) is 18.2 Å². The summed E-state index contributed by atoms with van der Waals surface area (Å²) in [5.41, 5.74) is 0.343. The Balaban J connectivity index is 2.71. The Morgan fingerprint density at radius 1 is 1.40 bits per heavy atom. The van der Waals surface area contributed by atoms with Gasteiger partial charge in [0.25, 0.3) is 0 Å². The van der Waals surface area contributed by atoms with Crippen molar-refractivity contribution in [1.82, 2.24) is 5.32 Å². The standard InChI is InChI=1S/C16H23FN2O/c1-12(2)19-10-13-6-5-7-14(17)15(13)20-9-8-16(3,4)11-18/h5-7,12,19H,8-10H2,1-4H3. The summed E-state index contributed by atoms with van der Waals surface area (Å²) in [4.78, 5) is 0. The van der Waals surface area contributed by atoms with E-state index in [2.05, 4.69) is 11.4 Å². The molecule has 20 heavy (non-hydrogen) atoms. The second-order valence-corrected chi connectivity index (χ2v) is 5.86. The molecule has 4 heteroatoms. The maximum Gasteiger partial charge on any atom is 0.165 e. The van der Waals surface area contributed by atoms with Gasteiger partial charge in [-0.15, -0.1) is 0 Å². The predicted octanol–water partition coefficient (Wildman–Crippen LogP) is 3.64. The van der Waals surface area contributed by atoms with E-state index in [0.29, 0.717) is 25.6 Å². The molecule has 0 radical (unpaired) electrons. The number of nitrogens with zero attached hydrogens (tertiary/aromatic N) is 1. The second-order valence-electron chi connectivity index (χ2n) is 5.86. The van der Waals surface area contributed by atoms with E-state index in [1.165, 1.54) is 6.07 Å². The largest absolute Gasteiger partial charge is 0.490 e. The van der Waals surface area contributed by atoms with Crippen molar-refractivity contribution in [3.05, 3.63) is 29.6 Å². The summed E-state index contributed by atoms with van der Waals surface area (Å²) >= 11 is 0. The van der Waals surface area contributed by atoms with E-state index in [9.17, 15) is 4.39 Å². The summed E-state index contributed by atoms with van der Waals surface area (Å²) in [5, 5.41) is 12.2. The number of para-hydroxylation sites is 1. The molecule has 0 aliphatic carbocycles. The van der Waals surface area contributed by atoms with Gasteiger partial charge in [0.2, 0.25) is 0 Å². The molecule has 0 unspecified atom stereocenters. The zero-order valence-electron chi connectivity index (χ0n) is 12.7. The lowest BCUT2D eigenvalue weighted by Gasteiger charge is -2.18. The third kappa shape index (κ3) is 5.18. The molecule has 1 aromatic rings. The van der Waals surface area contributed by atoms with E-state index in [0.717, 1.165) is 5.56 Å². The van der Waals surface area contributed by atoms with Crippen LogP contribution < -0.4 is 10.1 Å². The van der Waals surface area contributed by atoms with Crippen LogP contribution in [0.3, 0.4) is 0 Å². The quantitative estimate of drug-likeness (QED) is 0.828. The smallest absolute Gasteiger partial charge is 0.165 e. The fraction of sp³-hybridized carbons (Fsp3) is 0.562. The highest BCUT2D eigenvalue weighted by Gasteiger charge is 2.17. The van der Waals surface area contributed by atoms with E-state index in [-0.39, 0.29) is 11.6 Å². The van der Waals surface area contributed by atoms with Crippen LogP contribution in [0.5, 0.6) is 5.75 Å². The van der Waals surface area contributed by atoms with Crippen molar-refractivity contribution in [1.29, 1.82) is 5.26 Å². The molecule has 0 saturated carbocycles. The lowest BCUT2D eigenvalue weighted by atomic mass is 9.92. The Kier molecular flexibility index (Phi) is 5.97. The molecule has 0 fully saturated rings. The minimum absolute atomic E-state index is 0.286. The number of halogens is 1. The number of hydrogen-bond donors (Lipinski definition) is 1. The third-order valence-corrected chi connectivity index (χ3v) is 3.03. The topological polar surface area (TPSA) is 45.0 Å². The SMILES string of the molecule is CC(C)NCc1cccc(F)c1OCCC(C)(C)C#N. The summed E-state index contributed by atoms with van der Waals surface area (Å²) < 4.78 is 19.4. The molecule has 0 bridgehead atoms. The van der Waals surface area contributed by atoms with Crippen LogP contribution >= 0.6 is 0 Å². The molecule has 0 saturated heterocycles. The fourth-order valence-corrected chi connectivity index (χ4v) is 1.63. The molecule has 1 rings (SSSR count). The normalized spacial score (nSPS) is 11.4. The molecule has 1 N–H and O–H groups in total. The maximum absolute atomic E-state index is 13.9. The zero-order valence-corrected chi connectivity index (χ0v) is 12.7. The lowest BCUT2D eigenvalue weighted by molar-refractivity contribution is 0.251. The maximum atomic E-state index is 13.9. The molecular weight excluding hydrogens is 255 g/mol. The van der Waals surface area contributed by atoms with Crippen molar-refractivity contribution in [3.63, 3.8) is 0 Å². The van der Waals surface area contributed by atoms with Crippen molar-refractivity contribution in [2.24, 2.45) is 5.41 Å². The van der Waals surface area contributed by atoms with Crippen molar-refractivity contribution in [2.45, 2.75) is 46.7 Å². The summed E-state index contributed by atoms with van der Waals surface area (Å²) in [5.74, 6) is -0.0720. The van der Waals surface area contributed by atoms with Gasteiger partial charge in [-0.05, 0) is 26.3 Å². The molecule has 3 nitrogen and oxygen atoms in total. The number of nitriles is 1. The van der Waals surface area contributed by atoms with Crippen LogP contribution in [-0.2, 0) is 6.54 Å². The monoisotopic (exact) mass is 278 g/mol. The van der Waals surface area contributed by atoms with Gasteiger partial charge in [-0.1, -0.05) is 26.0 Å². The van der Waals surface area contributed by atoms with Crippen molar-refractivity contribution in [2.75, 3.05) is 6.61 Å². The Labute approximate surface area is 120 Å². The minimum Gasteiger partial charge on any atom is -0.490 e. The van der Waals surface area contributed by atoms with Gasteiger partial charge in [-0.2, -0.15) is 5.26 Å². The Bertz CT molecular complexity index is 478. The first-order valence-corrected chi connectivity index (χ1v) is 6.90. The summed E-state index contributed by atoms with van der Waals surface area (Å²) in [6, 6.07) is 7.46. The van der Waals surface area contributed by atoms with Crippen LogP contribution in [0.25, 0.3) is 0 Å². The first kappa shape index (κ1) is 16.5. The highest BCUT2D eigenvalue weighted by atomic mass is 19.1. The van der Waals surface area contributed by atoms with Crippen LogP contribution in [0, 0.1) is 22.6 Å². The highest BCUT2D eigenvalue weighted by Crippen LogP contribution is 2.25. The molecule has 0 aliphatic rings. The van der Waals surface area contributed by atoms with Crippen LogP contribution in [0.2, 0.25) is 0 Å². The third-order valence-electron chi connectivity index (χ3n) is 3.03. The molecule has 0 heterocycles.